The third-order valence-electron chi connectivity index (χ3n) is 2.52. The number of nitrogens with zero attached hydrogens (tertiary/aromatic N) is 1. The summed E-state index contributed by atoms with van der Waals surface area (Å²) in [5, 5.41) is 24.3. The van der Waals surface area contributed by atoms with Crippen LogP contribution >= 0.6 is 0 Å². The lowest BCUT2D eigenvalue weighted by molar-refractivity contribution is -0.145. The Hall–Kier alpha value is -2.40. The van der Waals surface area contributed by atoms with E-state index in [0.29, 0.717) is 0 Å². The molecule has 0 saturated carbocycles. The van der Waals surface area contributed by atoms with Crippen molar-refractivity contribution in [3.63, 3.8) is 0 Å². The number of aryl methyl sites for hydroxylation is 1. The number of primary sulfonamides is 1. The monoisotopic (exact) mass is 319 g/mol. The topological polar surface area (TPSA) is 169 Å². The van der Waals surface area contributed by atoms with Crippen LogP contribution in [-0.2, 0) is 26.7 Å². The van der Waals surface area contributed by atoms with E-state index < -0.39 is 40.3 Å². The van der Waals surface area contributed by atoms with Gasteiger partial charge in [0.25, 0.3) is 5.91 Å². The molecule has 0 aliphatic carbocycles. The van der Waals surface area contributed by atoms with Gasteiger partial charge in [-0.1, -0.05) is 0 Å². The third kappa shape index (κ3) is 4.29. The Morgan fingerprint density at radius 2 is 1.95 bits per heavy atom. The predicted molar refractivity (Wildman–Crippen MR) is 67.9 cm³/mol. The van der Waals surface area contributed by atoms with Crippen LogP contribution in [0.1, 0.15) is 16.9 Å². The second-order valence-corrected chi connectivity index (χ2v) is 5.74. The van der Waals surface area contributed by atoms with Gasteiger partial charge in [0.1, 0.15) is 16.6 Å². The summed E-state index contributed by atoms with van der Waals surface area (Å²) in [6, 6.07) is -0.674. The normalized spacial score (nSPS) is 12.7. The van der Waals surface area contributed by atoms with Gasteiger partial charge in [-0.2, -0.15) is 0 Å². The summed E-state index contributed by atoms with van der Waals surface area (Å²) in [5.74, 6) is -3.85. The Kier molecular flexibility index (Phi) is 4.70. The zero-order valence-electron chi connectivity index (χ0n) is 10.8. The van der Waals surface area contributed by atoms with Crippen molar-refractivity contribution in [3.05, 3.63) is 18.0 Å². The van der Waals surface area contributed by atoms with E-state index in [1.165, 1.54) is 7.05 Å². The first kappa shape index (κ1) is 16.7. The summed E-state index contributed by atoms with van der Waals surface area (Å²) in [6.45, 7) is 0. The van der Waals surface area contributed by atoms with E-state index in [-0.39, 0.29) is 10.6 Å². The van der Waals surface area contributed by atoms with Gasteiger partial charge in [-0.15, -0.1) is 0 Å². The Balaban J connectivity index is 3.01. The second kappa shape index (κ2) is 5.93. The minimum absolute atomic E-state index is 0.171. The van der Waals surface area contributed by atoms with E-state index in [9.17, 15) is 22.8 Å². The Bertz CT molecular complexity index is 692. The van der Waals surface area contributed by atoms with Gasteiger partial charge in [0.05, 0.1) is 6.42 Å². The molecule has 0 saturated heterocycles. The van der Waals surface area contributed by atoms with Crippen LogP contribution in [0, 0.1) is 0 Å². The fourth-order valence-corrected chi connectivity index (χ4v) is 2.10. The number of sulfonamides is 1. The molecule has 0 aliphatic rings. The molecule has 11 heteroatoms. The average molecular weight is 319 g/mol. The highest BCUT2D eigenvalue weighted by Crippen LogP contribution is 2.12. The first-order valence-corrected chi connectivity index (χ1v) is 7.01. The van der Waals surface area contributed by atoms with Gasteiger partial charge >= 0.3 is 11.9 Å². The van der Waals surface area contributed by atoms with Crippen molar-refractivity contribution in [1.29, 1.82) is 0 Å². The number of carbonyl (C=O) groups is 3. The summed E-state index contributed by atoms with van der Waals surface area (Å²) in [5.41, 5.74) is -0.171. The van der Waals surface area contributed by atoms with Crippen molar-refractivity contribution in [3.8, 4) is 0 Å². The van der Waals surface area contributed by atoms with E-state index >= 15 is 0 Å². The molecule has 0 aliphatic heterocycles. The maximum atomic E-state index is 11.9. The molecule has 1 atom stereocenters. The molecule has 0 spiro atoms. The van der Waals surface area contributed by atoms with Gasteiger partial charge in [0.15, 0.2) is 0 Å². The molecule has 1 rings (SSSR count). The van der Waals surface area contributed by atoms with Gasteiger partial charge in [-0.3, -0.25) is 9.59 Å². The van der Waals surface area contributed by atoms with E-state index in [4.69, 9.17) is 15.4 Å². The van der Waals surface area contributed by atoms with Gasteiger partial charge < -0.3 is 20.1 Å². The lowest BCUT2D eigenvalue weighted by Crippen LogP contribution is -2.42. The molecule has 5 N–H and O–H groups in total. The largest absolute Gasteiger partial charge is 0.481 e. The van der Waals surface area contributed by atoms with E-state index in [0.717, 1.165) is 16.8 Å². The maximum absolute atomic E-state index is 11.9. The Morgan fingerprint density at radius 3 is 2.33 bits per heavy atom. The number of hydrogen-bond donors (Lipinski definition) is 4. The van der Waals surface area contributed by atoms with Gasteiger partial charge in [0.2, 0.25) is 10.0 Å². The summed E-state index contributed by atoms with van der Waals surface area (Å²) in [6.07, 6.45) is 0.269. The number of hydrogen-bond acceptors (Lipinski definition) is 5. The zero-order valence-corrected chi connectivity index (χ0v) is 11.6. The molecule has 0 bridgehead atoms. The van der Waals surface area contributed by atoms with Gasteiger partial charge in [0, 0.05) is 13.2 Å². The average Bonchev–Trinajstić information content (AvgIpc) is 2.69. The summed E-state index contributed by atoms with van der Waals surface area (Å²) in [7, 11) is -2.66. The van der Waals surface area contributed by atoms with Crippen LogP contribution < -0.4 is 10.5 Å². The van der Waals surface area contributed by atoms with Crippen LogP contribution in [-0.4, -0.2) is 47.1 Å². The molecule has 10 nitrogen and oxygen atoms in total. The highest BCUT2D eigenvalue weighted by atomic mass is 32.2. The Morgan fingerprint density at radius 1 is 1.38 bits per heavy atom. The number of nitrogens with one attached hydrogen (secondary N) is 1. The number of carbonyl (C=O) groups excluding carboxylic acids is 1. The molecule has 0 unspecified atom stereocenters. The SMILES string of the molecule is Cn1cc(S(N)(=O)=O)cc1C(=O)N[C@H](CC(=O)O)C(=O)O. The number of nitrogens with two attached hydrogens (primary N) is 1. The van der Waals surface area contributed by atoms with Crippen molar-refractivity contribution < 1.29 is 33.0 Å². The van der Waals surface area contributed by atoms with Crippen molar-refractivity contribution in [2.75, 3.05) is 0 Å². The molecule has 0 fully saturated rings. The lowest BCUT2D eigenvalue weighted by atomic mass is 10.2. The number of carboxylic acids is 2. The molecule has 1 aromatic rings. The molecular weight excluding hydrogens is 306 g/mol. The maximum Gasteiger partial charge on any atom is 0.326 e. The van der Waals surface area contributed by atoms with Crippen LogP contribution in [0.4, 0.5) is 0 Å². The van der Waals surface area contributed by atoms with E-state index in [1.54, 1.807) is 0 Å². The quantitative estimate of drug-likeness (QED) is 0.485. The lowest BCUT2D eigenvalue weighted by Gasteiger charge is -2.12. The minimum Gasteiger partial charge on any atom is -0.481 e. The number of aromatic nitrogens is 1. The zero-order chi connectivity index (χ0) is 16.4. The number of carboxylic acid groups (broad SMARTS) is 2. The van der Waals surface area contributed by atoms with Crippen molar-refractivity contribution in [1.82, 2.24) is 9.88 Å². The smallest absolute Gasteiger partial charge is 0.326 e. The van der Waals surface area contributed by atoms with Crippen molar-refractivity contribution in [2.24, 2.45) is 12.2 Å². The number of rotatable bonds is 6. The van der Waals surface area contributed by atoms with Crippen LogP contribution in [0.2, 0.25) is 0 Å². The highest BCUT2D eigenvalue weighted by molar-refractivity contribution is 7.89. The summed E-state index contributed by atoms with van der Waals surface area (Å²) < 4.78 is 23.4. The van der Waals surface area contributed by atoms with Gasteiger partial charge in [-0.25, -0.2) is 18.4 Å². The highest BCUT2D eigenvalue weighted by Gasteiger charge is 2.25. The Labute approximate surface area is 119 Å². The van der Waals surface area contributed by atoms with E-state index in [2.05, 4.69) is 0 Å². The van der Waals surface area contributed by atoms with Crippen LogP contribution in [0.3, 0.4) is 0 Å². The second-order valence-electron chi connectivity index (χ2n) is 4.18. The van der Waals surface area contributed by atoms with Crippen LogP contribution in [0.5, 0.6) is 0 Å². The molecular formula is C10H13N3O7S. The van der Waals surface area contributed by atoms with E-state index in [1.807, 2.05) is 5.32 Å². The van der Waals surface area contributed by atoms with Crippen LogP contribution in [0.15, 0.2) is 17.2 Å². The number of aliphatic carboxylic acids is 2. The minimum atomic E-state index is -4.01. The molecule has 1 aromatic heterocycles. The summed E-state index contributed by atoms with van der Waals surface area (Å²) in [4.78, 5) is 32.9. The fraction of sp³-hybridized carbons (Fsp3) is 0.300. The third-order valence-corrected chi connectivity index (χ3v) is 3.40. The molecule has 0 radical (unpaired) electrons. The van der Waals surface area contributed by atoms with Crippen molar-refractivity contribution >= 4 is 27.9 Å². The first-order chi connectivity index (χ1) is 9.52. The molecule has 116 valence electrons. The molecule has 1 amide bonds. The fourth-order valence-electron chi connectivity index (χ4n) is 1.52. The standard InChI is InChI=1S/C10H13N3O7S/c1-13-4-5(21(11,19)20)2-7(13)9(16)12-6(10(17)18)3-8(14)15/h2,4,6H,3H2,1H3,(H,12,16)(H,14,15)(H,17,18)(H2,11,19,20)/t6-/m1/s1. The first-order valence-electron chi connectivity index (χ1n) is 5.47. The number of amides is 1. The molecule has 0 aromatic carbocycles. The summed E-state index contributed by atoms with van der Waals surface area (Å²) >= 11 is 0. The van der Waals surface area contributed by atoms with Crippen LogP contribution in [0.25, 0.3) is 0 Å². The molecule has 21 heavy (non-hydrogen) atoms. The predicted octanol–water partition coefficient (Wildman–Crippen LogP) is -1.67. The van der Waals surface area contributed by atoms with Gasteiger partial charge in [-0.05, 0) is 6.07 Å². The van der Waals surface area contributed by atoms with Crippen molar-refractivity contribution in [2.45, 2.75) is 17.4 Å². The molecule has 1 heterocycles.